The largest absolute Gasteiger partial charge is 0.508 e. The summed E-state index contributed by atoms with van der Waals surface area (Å²) < 4.78 is 0. The maximum atomic E-state index is 9.49. The molecule has 1 atom stereocenters. The number of halogens is 1. The van der Waals surface area contributed by atoms with Gasteiger partial charge in [0.05, 0.1) is 0 Å². The van der Waals surface area contributed by atoms with Crippen molar-refractivity contribution in [3.05, 3.63) is 28.8 Å². The highest BCUT2D eigenvalue weighted by Crippen LogP contribution is 2.28. The summed E-state index contributed by atoms with van der Waals surface area (Å²) in [7, 11) is 0. The van der Waals surface area contributed by atoms with Gasteiger partial charge in [0.25, 0.3) is 0 Å². The molecular formula is C10H14ClNO. The van der Waals surface area contributed by atoms with E-state index < -0.39 is 0 Å². The van der Waals surface area contributed by atoms with Gasteiger partial charge in [0.1, 0.15) is 5.75 Å². The Kier molecular flexibility index (Phi) is 3.58. The number of nitrogens with two attached hydrogens (primary N) is 1. The SMILES string of the molecule is CCC[C@@H](N)c1cc(Cl)ccc1O. The predicted octanol–water partition coefficient (Wildman–Crippen LogP) is 2.85. The van der Waals surface area contributed by atoms with Crippen LogP contribution in [-0.2, 0) is 0 Å². The van der Waals surface area contributed by atoms with Gasteiger partial charge < -0.3 is 10.8 Å². The van der Waals surface area contributed by atoms with E-state index in [1.165, 1.54) is 0 Å². The molecule has 0 aliphatic rings. The summed E-state index contributed by atoms with van der Waals surface area (Å²) in [6, 6.07) is 4.83. The third kappa shape index (κ3) is 2.61. The lowest BCUT2D eigenvalue weighted by atomic mass is 10.0. The zero-order valence-corrected chi connectivity index (χ0v) is 8.38. The van der Waals surface area contributed by atoms with Crippen LogP contribution in [0, 0.1) is 0 Å². The predicted molar refractivity (Wildman–Crippen MR) is 55.0 cm³/mol. The van der Waals surface area contributed by atoms with Gasteiger partial charge in [0, 0.05) is 16.6 Å². The summed E-state index contributed by atoms with van der Waals surface area (Å²) in [5, 5.41) is 10.1. The molecule has 0 aliphatic heterocycles. The molecule has 72 valence electrons. The van der Waals surface area contributed by atoms with Crippen LogP contribution < -0.4 is 5.73 Å². The molecule has 0 fully saturated rings. The highest BCUT2D eigenvalue weighted by molar-refractivity contribution is 6.30. The minimum absolute atomic E-state index is 0.122. The number of benzene rings is 1. The molecule has 0 bridgehead atoms. The summed E-state index contributed by atoms with van der Waals surface area (Å²) in [5.74, 6) is 0.227. The van der Waals surface area contributed by atoms with E-state index in [1.807, 2.05) is 0 Å². The van der Waals surface area contributed by atoms with Crippen molar-refractivity contribution in [2.24, 2.45) is 5.73 Å². The molecule has 0 aromatic heterocycles. The molecule has 0 unspecified atom stereocenters. The zero-order valence-electron chi connectivity index (χ0n) is 7.63. The molecule has 0 saturated heterocycles. The fourth-order valence-electron chi connectivity index (χ4n) is 1.29. The quantitative estimate of drug-likeness (QED) is 0.787. The maximum Gasteiger partial charge on any atom is 0.120 e. The van der Waals surface area contributed by atoms with Crippen molar-refractivity contribution >= 4 is 11.6 Å². The second-order valence-corrected chi connectivity index (χ2v) is 3.53. The van der Waals surface area contributed by atoms with Crippen LogP contribution in [0.4, 0.5) is 0 Å². The maximum absolute atomic E-state index is 9.49. The topological polar surface area (TPSA) is 46.2 Å². The van der Waals surface area contributed by atoms with Crippen LogP contribution in [0.5, 0.6) is 5.75 Å². The molecule has 2 nitrogen and oxygen atoms in total. The molecule has 1 aromatic rings. The summed E-state index contributed by atoms with van der Waals surface area (Å²) in [5.41, 5.74) is 6.59. The van der Waals surface area contributed by atoms with Gasteiger partial charge in [0.15, 0.2) is 0 Å². The Hall–Kier alpha value is -0.730. The van der Waals surface area contributed by atoms with Crippen molar-refractivity contribution < 1.29 is 5.11 Å². The van der Waals surface area contributed by atoms with E-state index in [9.17, 15) is 5.11 Å². The van der Waals surface area contributed by atoms with Crippen LogP contribution in [0.2, 0.25) is 5.02 Å². The minimum Gasteiger partial charge on any atom is -0.508 e. The Morgan fingerprint density at radius 2 is 2.23 bits per heavy atom. The molecule has 0 amide bonds. The Labute approximate surface area is 83.3 Å². The third-order valence-corrected chi connectivity index (χ3v) is 2.22. The molecule has 3 heteroatoms. The van der Waals surface area contributed by atoms with Crippen LogP contribution in [-0.4, -0.2) is 5.11 Å². The van der Waals surface area contributed by atoms with E-state index in [1.54, 1.807) is 18.2 Å². The number of hydrogen-bond donors (Lipinski definition) is 2. The third-order valence-electron chi connectivity index (χ3n) is 1.99. The van der Waals surface area contributed by atoms with Crippen molar-refractivity contribution in [2.75, 3.05) is 0 Å². The van der Waals surface area contributed by atoms with Gasteiger partial charge in [-0.2, -0.15) is 0 Å². The van der Waals surface area contributed by atoms with Gasteiger partial charge in [0.2, 0.25) is 0 Å². The minimum atomic E-state index is -0.122. The fourth-order valence-corrected chi connectivity index (χ4v) is 1.47. The van der Waals surface area contributed by atoms with E-state index in [0.29, 0.717) is 5.02 Å². The second kappa shape index (κ2) is 4.49. The highest BCUT2D eigenvalue weighted by atomic mass is 35.5. The summed E-state index contributed by atoms with van der Waals surface area (Å²) in [6.07, 6.45) is 1.85. The number of aromatic hydroxyl groups is 1. The van der Waals surface area contributed by atoms with E-state index in [0.717, 1.165) is 18.4 Å². The van der Waals surface area contributed by atoms with Crippen LogP contribution in [0.1, 0.15) is 31.4 Å². The Bertz CT molecular complexity index is 288. The van der Waals surface area contributed by atoms with Crippen molar-refractivity contribution in [1.29, 1.82) is 0 Å². The molecule has 0 radical (unpaired) electrons. The van der Waals surface area contributed by atoms with Gasteiger partial charge in [-0.1, -0.05) is 24.9 Å². The molecule has 0 aliphatic carbocycles. The lowest BCUT2D eigenvalue weighted by molar-refractivity contribution is 0.458. The Morgan fingerprint density at radius 1 is 1.54 bits per heavy atom. The van der Waals surface area contributed by atoms with E-state index in [2.05, 4.69) is 6.92 Å². The standard InChI is InChI=1S/C10H14ClNO/c1-2-3-9(12)8-6-7(11)4-5-10(8)13/h4-6,9,13H,2-3,12H2,1H3/t9-/m1/s1. The lowest BCUT2D eigenvalue weighted by Gasteiger charge is -2.12. The fraction of sp³-hybridized carbons (Fsp3) is 0.400. The Morgan fingerprint density at radius 3 is 2.85 bits per heavy atom. The normalized spacial score (nSPS) is 12.8. The van der Waals surface area contributed by atoms with Crippen LogP contribution >= 0.6 is 11.6 Å². The summed E-state index contributed by atoms with van der Waals surface area (Å²) in [4.78, 5) is 0. The second-order valence-electron chi connectivity index (χ2n) is 3.10. The average molecular weight is 200 g/mol. The zero-order chi connectivity index (χ0) is 9.84. The first kappa shape index (κ1) is 10.4. The van der Waals surface area contributed by atoms with Crippen molar-refractivity contribution in [1.82, 2.24) is 0 Å². The van der Waals surface area contributed by atoms with Gasteiger partial charge in [-0.05, 0) is 24.6 Å². The molecule has 0 saturated carbocycles. The first-order chi connectivity index (χ1) is 6.15. The number of phenolic OH excluding ortho intramolecular Hbond substituents is 1. The molecule has 1 rings (SSSR count). The number of hydrogen-bond acceptors (Lipinski definition) is 2. The molecule has 1 aromatic carbocycles. The Balaban J connectivity index is 2.91. The van der Waals surface area contributed by atoms with Gasteiger partial charge in [-0.25, -0.2) is 0 Å². The first-order valence-electron chi connectivity index (χ1n) is 4.39. The average Bonchev–Trinajstić information content (AvgIpc) is 2.09. The first-order valence-corrected chi connectivity index (χ1v) is 4.77. The van der Waals surface area contributed by atoms with Gasteiger partial charge in [-0.15, -0.1) is 0 Å². The molecule has 0 spiro atoms. The molecule has 0 heterocycles. The smallest absolute Gasteiger partial charge is 0.120 e. The number of phenols is 1. The lowest BCUT2D eigenvalue weighted by Crippen LogP contribution is -2.09. The van der Waals surface area contributed by atoms with Crippen LogP contribution in [0.3, 0.4) is 0 Å². The molecule has 3 N–H and O–H groups in total. The summed E-state index contributed by atoms with van der Waals surface area (Å²) >= 11 is 5.79. The van der Waals surface area contributed by atoms with E-state index in [4.69, 9.17) is 17.3 Å². The van der Waals surface area contributed by atoms with Gasteiger partial charge >= 0.3 is 0 Å². The van der Waals surface area contributed by atoms with E-state index in [-0.39, 0.29) is 11.8 Å². The van der Waals surface area contributed by atoms with E-state index >= 15 is 0 Å². The van der Waals surface area contributed by atoms with Crippen LogP contribution in [0.15, 0.2) is 18.2 Å². The van der Waals surface area contributed by atoms with Crippen molar-refractivity contribution in [2.45, 2.75) is 25.8 Å². The van der Waals surface area contributed by atoms with Crippen LogP contribution in [0.25, 0.3) is 0 Å². The number of rotatable bonds is 3. The monoisotopic (exact) mass is 199 g/mol. The van der Waals surface area contributed by atoms with Gasteiger partial charge in [-0.3, -0.25) is 0 Å². The molecular weight excluding hydrogens is 186 g/mol. The summed E-state index contributed by atoms with van der Waals surface area (Å²) in [6.45, 7) is 2.06. The highest BCUT2D eigenvalue weighted by Gasteiger charge is 2.09. The van der Waals surface area contributed by atoms with Crippen molar-refractivity contribution in [3.8, 4) is 5.75 Å². The molecule has 13 heavy (non-hydrogen) atoms. The van der Waals surface area contributed by atoms with Crippen molar-refractivity contribution in [3.63, 3.8) is 0 Å².